The summed E-state index contributed by atoms with van der Waals surface area (Å²) in [6, 6.07) is 11.5. The number of amides is 1. The summed E-state index contributed by atoms with van der Waals surface area (Å²) in [5.41, 5.74) is 0.962. The number of methoxy groups -OCH3 is 1. The van der Waals surface area contributed by atoms with Gasteiger partial charge in [0.2, 0.25) is 5.91 Å². The van der Waals surface area contributed by atoms with Crippen LogP contribution >= 0.6 is 11.3 Å². The molecule has 6 nitrogen and oxygen atoms in total. The molecule has 1 amide bonds. The Balaban J connectivity index is 1.38. The van der Waals surface area contributed by atoms with Crippen LogP contribution in [0.4, 0.5) is 0 Å². The summed E-state index contributed by atoms with van der Waals surface area (Å²) >= 11 is 1.61. The molecule has 144 valence electrons. The maximum Gasteiger partial charge on any atom is 0.246 e. The number of carbonyl (C=O) groups excluding carboxylic acids is 1. The van der Waals surface area contributed by atoms with Gasteiger partial charge in [0.25, 0.3) is 0 Å². The van der Waals surface area contributed by atoms with Crippen LogP contribution in [0.15, 0.2) is 53.2 Å². The molecular weight excluding hydrogens is 374 g/mol. The van der Waals surface area contributed by atoms with Crippen LogP contribution in [0.3, 0.4) is 0 Å². The zero-order valence-electron chi connectivity index (χ0n) is 15.6. The number of piperidine rings is 1. The SMILES string of the molecule is COc1ccccc1-c1nnc(C2CCN(C(=O)/C=C/c3ccco3)CC2)s1. The monoisotopic (exact) mass is 395 g/mol. The van der Waals surface area contributed by atoms with E-state index in [1.807, 2.05) is 35.2 Å². The number of para-hydroxylation sites is 1. The molecule has 1 aliphatic heterocycles. The molecule has 0 N–H and O–H groups in total. The van der Waals surface area contributed by atoms with Gasteiger partial charge in [-0.1, -0.05) is 23.5 Å². The summed E-state index contributed by atoms with van der Waals surface area (Å²) in [5.74, 6) is 1.83. The standard InChI is InChI=1S/C21H21N3O3S/c1-26-18-7-3-2-6-17(18)21-23-22-20(28-21)15-10-12-24(13-11-15)19(25)9-8-16-5-4-14-27-16/h2-9,14-15H,10-13H2,1H3/b9-8+. The summed E-state index contributed by atoms with van der Waals surface area (Å²) in [6.45, 7) is 1.44. The number of ether oxygens (including phenoxy) is 1. The predicted octanol–water partition coefficient (Wildman–Crippen LogP) is 4.23. The Labute approximate surface area is 167 Å². The minimum atomic E-state index is 0.0156. The van der Waals surface area contributed by atoms with Crippen molar-refractivity contribution in [1.29, 1.82) is 0 Å². The lowest BCUT2D eigenvalue weighted by Gasteiger charge is -2.30. The van der Waals surface area contributed by atoms with Crippen LogP contribution in [-0.2, 0) is 4.79 Å². The Kier molecular flexibility index (Phi) is 5.53. The van der Waals surface area contributed by atoms with Crippen molar-refractivity contribution >= 4 is 23.3 Å². The molecule has 4 rings (SSSR count). The Morgan fingerprint density at radius 3 is 2.79 bits per heavy atom. The van der Waals surface area contributed by atoms with Gasteiger partial charge in [0.1, 0.15) is 16.5 Å². The Bertz CT molecular complexity index is 957. The topological polar surface area (TPSA) is 68.5 Å². The molecule has 2 aromatic heterocycles. The Morgan fingerprint density at radius 1 is 1.21 bits per heavy atom. The van der Waals surface area contributed by atoms with Crippen LogP contribution in [0.25, 0.3) is 16.6 Å². The first kappa shape index (κ1) is 18.4. The molecule has 1 fully saturated rings. The summed E-state index contributed by atoms with van der Waals surface area (Å²) < 4.78 is 10.6. The number of benzene rings is 1. The second-order valence-electron chi connectivity index (χ2n) is 6.59. The van der Waals surface area contributed by atoms with E-state index in [9.17, 15) is 4.79 Å². The van der Waals surface area contributed by atoms with E-state index < -0.39 is 0 Å². The molecule has 3 heterocycles. The molecule has 0 atom stereocenters. The molecule has 28 heavy (non-hydrogen) atoms. The molecule has 1 aromatic carbocycles. The minimum absolute atomic E-state index is 0.0156. The zero-order chi connectivity index (χ0) is 19.3. The molecule has 1 saturated heterocycles. The fraction of sp³-hybridized carbons (Fsp3) is 0.286. The highest BCUT2D eigenvalue weighted by Crippen LogP contribution is 2.36. The number of likely N-dealkylation sites (tertiary alicyclic amines) is 1. The number of hydrogen-bond donors (Lipinski definition) is 0. The van der Waals surface area contributed by atoms with Crippen molar-refractivity contribution in [2.45, 2.75) is 18.8 Å². The number of aromatic nitrogens is 2. The maximum absolute atomic E-state index is 12.4. The number of furan rings is 1. The van der Waals surface area contributed by atoms with E-state index in [2.05, 4.69) is 10.2 Å². The average Bonchev–Trinajstić information content (AvgIpc) is 3.44. The molecular formula is C21H21N3O3S. The van der Waals surface area contributed by atoms with E-state index in [1.54, 1.807) is 42.9 Å². The average molecular weight is 395 g/mol. The van der Waals surface area contributed by atoms with Crippen LogP contribution in [0.1, 0.15) is 29.5 Å². The minimum Gasteiger partial charge on any atom is -0.496 e. The third-order valence-corrected chi connectivity index (χ3v) is 5.99. The van der Waals surface area contributed by atoms with Gasteiger partial charge in [0, 0.05) is 25.1 Å². The number of rotatable bonds is 5. The van der Waals surface area contributed by atoms with Crippen LogP contribution in [-0.4, -0.2) is 41.2 Å². The van der Waals surface area contributed by atoms with Crippen LogP contribution in [0.5, 0.6) is 5.75 Å². The van der Waals surface area contributed by atoms with Gasteiger partial charge in [0.15, 0.2) is 5.01 Å². The van der Waals surface area contributed by atoms with Crippen molar-refractivity contribution in [2.75, 3.05) is 20.2 Å². The van der Waals surface area contributed by atoms with Crippen molar-refractivity contribution in [2.24, 2.45) is 0 Å². The predicted molar refractivity (Wildman–Crippen MR) is 108 cm³/mol. The molecule has 0 bridgehead atoms. The van der Waals surface area contributed by atoms with Gasteiger partial charge in [0.05, 0.1) is 18.9 Å². The first-order valence-electron chi connectivity index (χ1n) is 9.22. The van der Waals surface area contributed by atoms with Gasteiger partial charge in [-0.3, -0.25) is 4.79 Å². The van der Waals surface area contributed by atoms with Crippen molar-refractivity contribution < 1.29 is 13.9 Å². The van der Waals surface area contributed by atoms with E-state index in [4.69, 9.17) is 9.15 Å². The lowest BCUT2D eigenvalue weighted by atomic mass is 9.97. The van der Waals surface area contributed by atoms with Gasteiger partial charge < -0.3 is 14.1 Å². The molecule has 0 aliphatic carbocycles. The molecule has 0 spiro atoms. The Hall–Kier alpha value is -2.93. The summed E-state index contributed by atoms with van der Waals surface area (Å²) in [6.07, 6.45) is 6.65. The second kappa shape index (κ2) is 8.39. The molecule has 7 heteroatoms. The van der Waals surface area contributed by atoms with Crippen LogP contribution < -0.4 is 4.74 Å². The third kappa shape index (κ3) is 3.99. The van der Waals surface area contributed by atoms with E-state index in [-0.39, 0.29) is 5.91 Å². The molecule has 0 unspecified atom stereocenters. The van der Waals surface area contributed by atoms with Crippen molar-refractivity contribution in [1.82, 2.24) is 15.1 Å². The first-order chi connectivity index (χ1) is 13.7. The smallest absolute Gasteiger partial charge is 0.246 e. The van der Waals surface area contributed by atoms with Crippen molar-refractivity contribution in [3.8, 4) is 16.3 Å². The largest absolute Gasteiger partial charge is 0.496 e. The van der Waals surface area contributed by atoms with Gasteiger partial charge in [-0.05, 0) is 43.2 Å². The number of hydrogen-bond acceptors (Lipinski definition) is 6. The van der Waals surface area contributed by atoms with Crippen LogP contribution in [0.2, 0.25) is 0 Å². The quantitative estimate of drug-likeness (QED) is 0.605. The van der Waals surface area contributed by atoms with E-state index in [0.29, 0.717) is 11.7 Å². The first-order valence-corrected chi connectivity index (χ1v) is 10.0. The van der Waals surface area contributed by atoms with Gasteiger partial charge in [-0.25, -0.2) is 0 Å². The maximum atomic E-state index is 12.4. The highest BCUT2D eigenvalue weighted by Gasteiger charge is 2.26. The zero-order valence-corrected chi connectivity index (χ0v) is 16.4. The van der Waals surface area contributed by atoms with Crippen molar-refractivity contribution in [3.05, 3.63) is 59.5 Å². The van der Waals surface area contributed by atoms with E-state index >= 15 is 0 Å². The summed E-state index contributed by atoms with van der Waals surface area (Å²) in [4.78, 5) is 14.2. The highest BCUT2D eigenvalue weighted by molar-refractivity contribution is 7.14. The van der Waals surface area contributed by atoms with E-state index in [0.717, 1.165) is 47.3 Å². The third-order valence-electron chi connectivity index (χ3n) is 4.87. The second-order valence-corrected chi connectivity index (χ2v) is 7.60. The van der Waals surface area contributed by atoms with Crippen LogP contribution in [0, 0.1) is 0 Å². The lowest BCUT2D eigenvalue weighted by molar-refractivity contribution is -0.126. The fourth-order valence-corrected chi connectivity index (χ4v) is 4.36. The molecule has 3 aromatic rings. The normalized spacial score (nSPS) is 15.2. The lowest BCUT2D eigenvalue weighted by Crippen LogP contribution is -2.36. The van der Waals surface area contributed by atoms with Gasteiger partial charge >= 0.3 is 0 Å². The molecule has 0 radical (unpaired) electrons. The fourth-order valence-electron chi connectivity index (χ4n) is 3.32. The molecule has 1 aliphatic rings. The van der Waals surface area contributed by atoms with E-state index in [1.165, 1.54) is 0 Å². The number of nitrogens with zero attached hydrogens (tertiary/aromatic N) is 3. The number of carbonyl (C=O) groups is 1. The summed E-state index contributed by atoms with van der Waals surface area (Å²) in [5, 5.41) is 10.7. The van der Waals surface area contributed by atoms with Crippen molar-refractivity contribution in [3.63, 3.8) is 0 Å². The summed E-state index contributed by atoms with van der Waals surface area (Å²) in [7, 11) is 1.66. The molecule has 0 saturated carbocycles. The Morgan fingerprint density at radius 2 is 2.04 bits per heavy atom. The highest BCUT2D eigenvalue weighted by atomic mass is 32.1. The van der Waals surface area contributed by atoms with Gasteiger partial charge in [-0.2, -0.15) is 0 Å². The van der Waals surface area contributed by atoms with Gasteiger partial charge in [-0.15, -0.1) is 10.2 Å².